The van der Waals surface area contributed by atoms with Gasteiger partial charge in [-0.2, -0.15) is 0 Å². The van der Waals surface area contributed by atoms with Gasteiger partial charge in [0.05, 0.1) is 12.1 Å². The van der Waals surface area contributed by atoms with Crippen LogP contribution in [0.15, 0.2) is 12.1 Å². The van der Waals surface area contributed by atoms with Gasteiger partial charge in [-0.1, -0.05) is 13.0 Å². The summed E-state index contributed by atoms with van der Waals surface area (Å²) in [4.78, 5) is 23.3. The van der Waals surface area contributed by atoms with Crippen LogP contribution in [-0.4, -0.2) is 19.2 Å². The number of likely N-dealkylation sites (N-methyl/N-ethyl adjacent to an activating group) is 1. The minimum atomic E-state index is -0.386. The molecule has 0 aromatic heterocycles. The number of anilines is 1. The Morgan fingerprint density at radius 1 is 1.53 bits per heavy atom. The Morgan fingerprint density at radius 3 is 2.88 bits per heavy atom. The number of aldehydes is 1. The Bertz CT molecular complexity index is 485. The molecule has 0 saturated carbocycles. The lowest BCUT2D eigenvalue weighted by Crippen LogP contribution is -2.21. The van der Waals surface area contributed by atoms with Gasteiger partial charge in [-0.15, -0.1) is 0 Å². The number of amides is 1. The molecule has 1 aliphatic heterocycles. The van der Waals surface area contributed by atoms with Crippen LogP contribution < -0.4 is 4.90 Å². The Balaban J connectivity index is 2.43. The summed E-state index contributed by atoms with van der Waals surface area (Å²) in [6.07, 6.45) is 1.43. The fourth-order valence-corrected chi connectivity index (χ4v) is 2.16. The third-order valence-corrected chi connectivity index (χ3v) is 3.23. The van der Waals surface area contributed by atoms with Crippen LogP contribution in [0.1, 0.15) is 30.4 Å². The van der Waals surface area contributed by atoms with Crippen LogP contribution in [0.2, 0.25) is 0 Å². The topological polar surface area (TPSA) is 37.4 Å². The molecule has 90 valence electrons. The Morgan fingerprint density at radius 2 is 2.24 bits per heavy atom. The number of benzene rings is 1. The highest BCUT2D eigenvalue weighted by atomic mass is 19.1. The second kappa shape index (κ2) is 4.28. The molecule has 3 nitrogen and oxygen atoms in total. The fraction of sp³-hybridized carbons (Fsp3) is 0.385. The monoisotopic (exact) mass is 235 g/mol. The molecule has 1 aromatic carbocycles. The molecule has 1 amide bonds. The average Bonchev–Trinajstić information content (AvgIpc) is 2.55. The first-order valence-corrected chi connectivity index (χ1v) is 5.57. The summed E-state index contributed by atoms with van der Waals surface area (Å²) >= 11 is 0. The van der Waals surface area contributed by atoms with Crippen LogP contribution in [0.25, 0.3) is 0 Å². The number of fused-ring (bicyclic) bond motifs is 1. The maximum Gasteiger partial charge on any atom is 0.231 e. The van der Waals surface area contributed by atoms with E-state index in [1.54, 1.807) is 7.05 Å². The zero-order valence-electron chi connectivity index (χ0n) is 9.87. The van der Waals surface area contributed by atoms with E-state index in [-0.39, 0.29) is 24.1 Å². The lowest BCUT2D eigenvalue weighted by Gasteiger charge is -2.14. The van der Waals surface area contributed by atoms with E-state index in [9.17, 15) is 14.0 Å². The molecule has 0 radical (unpaired) electrons. The SMILES string of the molecule is CC(CC=O)c1cc(F)c2c(c1)CC(=O)N2C. The summed E-state index contributed by atoms with van der Waals surface area (Å²) in [5.74, 6) is -0.504. The molecule has 0 fully saturated rings. The van der Waals surface area contributed by atoms with Gasteiger partial charge < -0.3 is 9.69 Å². The van der Waals surface area contributed by atoms with Crippen LogP contribution in [0.4, 0.5) is 10.1 Å². The number of nitrogens with zero attached hydrogens (tertiary/aromatic N) is 1. The molecule has 17 heavy (non-hydrogen) atoms. The molecule has 1 aromatic rings. The van der Waals surface area contributed by atoms with Gasteiger partial charge in [-0.3, -0.25) is 4.79 Å². The van der Waals surface area contributed by atoms with Gasteiger partial charge in [0.1, 0.15) is 12.1 Å². The van der Waals surface area contributed by atoms with Crippen LogP contribution in [0, 0.1) is 5.82 Å². The molecule has 1 aliphatic rings. The second-order valence-corrected chi connectivity index (χ2v) is 4.44. The van der Waals surface area contributed by atoms with Gasteiger partial charge in [0.25, 0.3) is 0 Å². The van der Waals surface area contributed by atoms with E-state index in [0.29, 0.717) is 17.7 Å². The minimum absolute atomic E-state index is 0.0201. The zero-order valence-corrected chi connectivity index (χ0v) is 9.87. The number of hydrogen-bond donors (Lipinski definition) is 0. The molecular weight excluding hydrogens is 221 g/mol. The van der Waals surface area contributed by atoms with E-state index in [2.05, 4.69) is 0 Å². The van der Waals surface area contributed by atoms with Gasteiger partial charge >= 0.3 is 0 Å². The summed E-state index contributed by atoms with van der Waals surface area (Å²) < 4.78 is 13.9. The Hall–Kier alpha value is -1.71. The van der Waals surface area contributed by atoms with E-state index in [0.717, 1.165) is 11.8 Å². The smallest absolute Gasteiger partial charge is 0.231 e. The first-order chi connectivity index (χ1) is 8.04. The summed E-state index contributed by atoms with van der Waals surface area (Å²) in [6.45, 7) is 1.87. The quantitative estimate of drug-likeness (QED) is 0.752. The van der Waals surface area contributed by atoms with E-state index in [1.807, 2.05) is 13.0 Å². The van der Waals surface area contributed by atoms with Crippen molar-refractivity contribution in [3.05, 3.63) is 29.1 Å². The highest BCUT2D eigenvalue weighted by Gasteiger charge is 2.28. The van der Waals surface area contributed by atoms with Crippen molar-refractivity contribution >= 4 is 17.9 Å². The van der Waals surface area contributed by atoms with Crippen LogP contribution in [0.3, 0.4) is 0 Å². The summed E-state index contributed by atoms with van der Waals surface area (Å²) in [6, 6.07) is 3.25. The fourth-order valence-electron chi connectivity index (χ4n) is 2.16. The highest BCUT2D eigenvalue weighted by Crippen LogP contribution is 2.34. The maximum absolute atomic E-state index is 13.9. The van der Waals surface area contributed by atoms with Crippen molar-refractivity contribution in [1.82, 2.24) is 0 Å². The predicted octanol–water partition coefficient (Wildman–Crippen LogP) is 2.04. The zero-order chi connectivity index (χ0) is 12.6. The predicted molar refractivity (Wildman–Crippen MR) is 62.6 cm³/mol. The number of carbonyl (C=O) groups excluding carboxylic acids is 2. The molecule has 2 rings (SSSR count). The first-order valence-electron chi connectivity index (χ1n) is 5.57. The molecule has 0 bridgehead atoms. The second-order valence-electron chi connectivity index (χ2n) is 4.44. The molecule has 4 heteroatoms. The first kappa shape index (κ1) is 11.8. The van der Waals surface area contributed by atoms with Gasteiger partial charge in [-0.25, -0.2) is 4.39 Å². The van der Waals surface area contributed by atoms with E-state index in [4.69, 9.17) is 0 Å². The van der Waals surface area contributed by atoms with Crippen LogP contribution in [-0.2, 0) is 16.0 Å². The number of carbonyl (C=O) groups is 2. The summed E-state index contributed by atoms with van der Waals surface area (Å²) in [7, 11) is 1.58. The van der Waals surface area contributed by atoms with Gasteiger partial charge in [0, 0.05) is 13.5 Å². The van der Waals surface area contributed by atoms with Crippen molar-refractivity contribution in [3.63, 3.8) is 0 Å². The van der Waals surface area contributed by atoms with Crippen molar-refractivity contribution in [2.75, 3.05) is 11.9 Å². The van der Waals surface area contributed by atoms with E-state index < -0.39 is 0 Å². The Kier molecular flexibility index (Phi) is 2.96. The molecule has 0 aliphatic carbocycles. The average molecular weight is 235 g/mol. The molecule has 1 atom stereocenters. The third kappa shape index (κ3) is 1.95. The molecule has 0 saturated heterocycles. The Labute approximate surface area is 99.2 Å². The highest BCUT2D eigenvalue weighted by molar-refractivity contribution is 6.01. The number of hydrogen-bond acceptors (Lipinski definition) is 2. The number of halogens is 1. The lowest BCUT2D eigenvalue weighted by atomic mass is 9.95. The lowest BCUT2D eigenvalue weighted by molar-refractivity contribution is -0.117. The van der Waals surface area contributed by atoms with E-state index >= 15 is 0 Å². The molecule has 1 heterocycles. The van der Waals surface area contributed by atoms with Crippen molar-refractivity contribution in [3.8, 4) is 0 Å². The maximum atomic E-state index is 13.9. The van der Waals surface area contributed by atoms with Crippen LogP contribution in [0.5, 0.6) is 0 Å². The largest absolute Gasteiger partial charge is 0.312 e. The van der Waals surface area contributed by atoms with Gasteiger partial charge in [0.15, 0.2) is 0 Å². The van der Waals surface area contributed by atoms with Gasteiger partial charge in [0.2, 0.25) is 5.91 Å². The number of rotatable bonds is 3. The van der Waals surface area contributed by atoms with Crippen molar-refractivity contribution in [2.45, 2.75) is 25.7 Å². The standard InChI is InChI=1S/C13H14FNO2/c1-8(3-4-16)9-5-10-7-12(17)15(2)13(10)11(14)6-9/h4-6,8H,3,7H2,1-2H3. The third-order valence-electron chi connectivity index (χ3n) is 3.23. The minimum Gasteiger partial charge on any atom is -0.312 e. The molecule has 0 spiro atoms. The molecular formula is C13H14FNO2. The molecule has 1 unspecified atom stereocenters. The van der Waals surface area contributed by atoms with Crippen molar-refractivity contribution < 1.29 is 14.0 Å². The normalized spacial score (nSPS) is 15.9. The van der Waals surface area contributed by atoms with E-state index in [1.165, 1.54) is 11.0 Å². The summed E-state index contributed by atoms with van der Waals surface area (Å²) in [5.41, 5.74) is 1.86. The molecule has 0 N–H and O–H groups in total. The van der Waals surface area contributed by atoms with Crippen molar-refractivity contribution in [1.29, 1.82) is 0 Å². The van der Waals surface area contributed by atoms with Gasteiger partial charge in [-0.05, 0) is 23.1 Å². The van der Waals surface area contributed by atoms with Crippen molar-refractivity contribution in [2.24, 2.45) is 0 Å². The van der Waals surface area contributed by atoms with Crippen LogP contribution >= 0.6 is 0 Å². The summed E-state index contributed by atoms with van der Waals surface area (Å²) in [5, 5.41) is 0.